The highest BCUT2D eigenvalue weighted by Crippen LogP contribution is 1.93. The molecule has 4 heteroatoms. The molecule has 2 atom stereocenters. The summed E-state index contributed by atoms with van der Waals surface area (Å²) in [4.78, 5) is 21.5. The molecule has 64 valence electrons. The van der Waals surface area contributed by atoms with Crippen LogP contribution in [0.25, 0.3) is 0 Å². The molecule has 0 fully saturated rings. The van der Waals surface area contributed by atoms with Crippen molar-refractivity contribution in [1.82, 2.24) is 0 Å². The lowest BCUT2D eigenvalue weighted by Crippen LogP contribution is -2.50. The van der Waals surface area contributed by atoms with Crippen LogP contribution in [0, 0.1) is 0 Å². The van der Waals surface area contributed by atoms with Crippen LogP contribution in [0.3, 0.4) is 0 Å². The van der Waals surface area contributed by atoms with Gasteiger partial charge in [-0.25, -0.2) is 0 Å². The topological polar surface area (TPSA) is 86.2 Å². The highest BCUT2D eigenvalue weighted by Gasteiger charge is 2.22. The Morgan fingerprint density at radius 2 is 1.73 bits per heavy atom. The van der Waals surface area contributed by atoms with E-state index in [1.165, 1.54) is 6.92 Å². The Kier molecular flexibility index (Phi) is 3.92. The highest BCUT2D eigenvalue weighted by atomic mass is 16.1. The molecule has 0 saturated heterocycles. The molecule has 0 aliphatic carbocycles. The molecule has 2 unspecified atom stereocenters. The number of nitrogens with two attached hydrogens (primary N) is 2. The average molecular weight is 158 g/mol. The van der Waals surface area contributed by atoms with E-state index in [4.69, 9.17) is 11.5 Å². The largest absolute Gasteiger partial charge is 0.320 e. The maximum atomic E-state index is 10.9. The van der Waals surface area contributed by atoms with Gasteiger partial charge in [0.05, 0.1) is 12.1 Å². The molecule has 0 radical (unpaired) electrons. The van der Waals surface area contributed by atoms with Gasteiger partial charge in [0.15, 0.2) is 5.78 Å². The van der Waals surface area contributed by atoms with Crippen molar-refractivity contribution >= 4 is 11.6 Å². The third-order valence-corrected chi connectivity index (χ3v) is 1.58. The maximum absolute atomic E-state index is 10.9. The van der Waals surface area contributed by atoms with Crippen molar-refractivity contribution in [3.8, 4) is 0 Å². The molecule has 0 aromatic rings. The zero-order valence-corrected chi connectivity index (χ0v) is 6.83. The van der Waals surface area contributed by atoms with E-state index >= 15 is 0 Å². The fourth-order valence-electron chi connectivity index (χ4n) is 0.689. The van der Waals surface area contributed by atoms with Crippen molar-refractivity contribution in [1.29, 1.82) is 0 Å². The number of ketones is 2. The van der Waals surface area contributed by atoms with Crippen molar-refractivity contribution in [2.45, 2.75) is 32.4 Å². The minimum absolute atomic E-state index is 0.173. The van der Waals surface area contributed by atoms with Crippen molar-refractivity contribution < 1.29 is 9.59 Å². The Labute approximate surface area is 65.9 Å². The molecule has 11 heavy (non-hydrogen) atoms. The lowest BCUT2D eigenvalue weighted by molar-refractivity contribution is -0.125. The fraction of sp³-hybridized carbons (Fsp3) is 0.714. The molecular formula is C7H14N2O2. The minimum Gasteiger partial charge on any atom is -0.320 e. The molecule has 0 aromatic carbocycles. The summed E-state index contributed by atoms with van der Waals surface area (Å²) in [6.45, 7) is 3.02. The number of rotatable bonds is 4. The second kappa shape index (κ2) is 4.20. The van der Waals surface area contributed by atoms with E-state index in [-0.39, 0.29) is 11.6 Å². The van der Waals surface area contributed by atoms with Gasteiger partial charge >= 0.3 is 0 Å². The molecule has 0 aliphatic rings. The SMILES string of the molecule is CCC(=O)C(N)C(N)C(C)=O. The van der Waals surface area contributed by atoms with E-state index in [9.17, 15) is 9.59 Å². The van der Waals surface area contributed by atoms with Gasteiger partial charge in [0.2, 0.25) is 0 Å². The Balaban J connectivity index is 4.12. The summed E-state index contributed by atoms with van der Waals surface area (Å²) in [6, 6.07) is -1.68. The first kappa shape index (κ1) is 10.3. The second-order valence-electron chi connectivity index (χ2n) is 2.48. The van der Waals surface area contributed by atoms with Crippen LogP contribution in [0.1, 0.15) is 20.3 Å². The number of carbonyl (C=O) groups is 2. The normalized spacial score (nSPS) is 15.6. The summed E-state index contributed by atoms with van der Waals surface area (Å²) >= 11 is 0. The van der Waals surface area contributed by atoms with Crippen LogP contribution in [0.2, 0.25) is 0 Å². The molecule has 0 bridgehead atoms. The van der Waals surface area contributed by atoms with E-state index in [0.29, 0.717) is 6.42 Å². The molecule has 0 heterocycles. The lowest BCUT2D eigenvalue weighted by atomic mass is 10.0. The number of carbonyl (C=O) groups excluding carboxylic acids is 2. The van der Waals surface area contributed by atoms with Gasteiger partial charge in [-0.05, 0) is 6.92 Å². The third kappa shape index (κ3) is 2.78. The van der Waals surface area contributed by atoms with Crippen molar-refractivity contribution in [3.63, 3.8) is 0 Å². The van der Waals surface area contributed by atoms with Crippen LogP contribution >= 0.6 is 0 Å². The zero-order valence-electron chi connectivity index (χ0n) is 6.83. The van der Waals surface area contributed by atoms with E-state index in [2.05, 4.69) is 0 Å². The van der Waals surface area contributed by atoms with E-state index < -0.39 is 12.1 Å². The molecule has 0 rings (SSSR count). The standard InChI is InChI=1S/C7H14N2O2/c1-3-5(11)7(9)6(8)4(2)10/h6-7H,3,8-9H2,1-2H3. The number of hydrogen-bond donors (Lipinski definition) is 2. The van der Waals surface area contributed by atoms with Gasteiger partial charge < -0.3 is 11.5 Å². The fourth-order valence-corrected chi connectivity index (χ4v) is 0.689. The van der Waals surface area contributed by atoms with Gasteiger partial charge in [-0.1, -0.05) is 6.92 Å². The van der Waals surface area contributed by atoms with Crippen LogP contribution in [0.15, 0.2) is 0 Å². The summed E-state index contributed by atoms with van der Waals surface area (Å²) < 4.78 is 0. The first-order chi connectivity index (χ1) is 5.00. The van der Waals surface area contributed by atoms with Gasteiger partial charge in [0, 0.05) is 6.42 Å². The Hall–Kier alpha value is -0.740. The molecule has 4 N–H and O–H groups in total. The Bertz CT molecular complexity index is 168. The maximum Gasteiger partial charge on any atom is 0.151 e. The Morgan fingerprint density at radius 3 is 2.00 bits per heavy atom. The van der Waals surface area contributed by atoms with Gasteiger partial charge in [0.25, 0.3) is 0 Å². The monoisotopic (exact) mass is 158 g/mol. The summed E-state index contributed by atoms with van der Waals surface area (Å²) in [5.41, 5.74) is 10.7. The smallest absolute Gasteiger partial charge is 0.151 e. The lowest BCUT2D eigenvalue weighted by Gasteiger charge is -2.14. The van der Waals surface area contributed by atoms with Crippen LogP contribution in [-0.4, -0.2) is 23.7 Å². The first-order valence-electron chi connectivity index (χ1n) is 3.55. The van der Waals surface area contributed by atoms with Crippen molar-refractivity contribution in [2.24, 2.45) is 11.5 Å². The number of Topliss-reactive ketones (excluding diaryl/α,β-unsaturated/α-hetero) is 2. The van der Waals surface area contributed by atoms with Gasteiger partial charge in [0.1, 0.15) is 5.78 Å². The molecule has 0 amide bonds. The van der Waals surface area contributed by atoms with E-state index in [1.807, 2.05) is 0 Å². The minimum atomic E-state index is -0.845. The quantitative estimate of drug-likeness (QED) is 0.561. The van der Waals surface area contributed by atoms with Crippen molar-refractivity contribution in [3.05, 3.63) is 0 Å². The van der Waals surface area contributed by atoms with E-state index in [1.54, 1.807) is 6.92 Å². The molecule has 0 saturated carbocycles. The van der Waals surface area contributed by atoms with Gasteiger partial charge in [-0.2, -0.15) is 0 Å². The van der Waals surface area contributed by atoms with Crippen LogP contribution in [0.5, 0.6) is 0 Å². The first-order valence-corrected chi connectivity index (χ1v) is 3.55. The number of hydrogen-bond acceptors (Lipinski definition) is 4. The summed E-state index contributed by atoms with van der Waals surface area (Å²) in [5.74, 6) is -0.424. The Morgan fingerprint density at radius 1 is 1.27 bits per heavy atom. The second-order valence-corrected chi connectivity index (χ2v) is 2.48. The molecule has 4 nitrogen and oxygen atoms in total. The predicted octanol–water partition coefficient (Wildman–Crippen LogP) is -0.791. The highest BCUT2D eigenvalue weighted by molar-refractivity contribution is 5.92. The van der Waals surface area contributed by atoms with Crippen LogP contribution < -0.4 is 11.5 Å². The predicted molar refractivity (Wildman–Crippen MR) is 41.9 cm³/mol. The summed E-state index contributed by atoms with van der Waals surface area (Å²) in [5, 5.41) is 0. The third-order valence-electron chi connectivity index (χ3n) is 1.58. The zero-order chi connectivity index (χ0) is 9.02. The van der Waals surface area contributed by atoms with Crippen LogP contribution in [-0.2, 0) is 9.59 Å². The van der Waals surface area contributed by atoms with Crippen LogP contribution in [0.4, 0.5) is 0 Å². The molecule has 0 aliphatic heterocycles. The molecule has 0 aromatic heterocycles. The average Bonchev–Trinajstić information content (AvgIpc) is 2.00. The summed E-state index contributed by atoms with van der Waals surface area (Å²) in [6.07, 6.45) is 0.322. The van der Waals surface area contributed by atoms with Crippen molar-refractivity contribution in [2.75, 3.05) is 0 Å². The van der Waals surface area contributed by atoms with E-state index in [0.717, 1.165) is 0 Å². The summed E-state index contributed by atoms with van der Waals surface area (Å²) in [7, 11) is 0. The van der Waals surface area contributed by atoms with Gasteiger partial charge in [-0.3, -0.25) is 9.59 Å². The van der Waals surface area contributed by atoms with Gasteiger partial charge in [-0.15, -0.1) is 0 Å². The molecule has 0 spiro atoms. The molecular weight excluding hydrogens is 144 g/mol.